The number of hydrogen-bond acceptors (Lipinski definition) is 8. The molecule has 2 aromatic carbocycles. The number of amides is 1. The van der Waals surface area contributed by atoms with Gasteiger partial charge in [-0.1, -0.05) is 41.4 Å². The number of Topliss-reactive ketones (excluding diaryl/α,β-unsaturated/α-hetero) is 1. The van der Waals surface area contributed by atoms with Crippen molar-refractivity contribution >= 4 is 50.8 Å². The number of carbonyl (C=O) groups excluding carboxylic acids is 1. The average molecular weight is 575 g/mol. The van der Waals surface area contributed by atoms with Crippen LogP contribution in [0.1, 0.15) is 11.1 Å². The van der Waals surface area contributed by atoms with Crippen molar-refractivity contribution in [3.05, 3.63) is 63.4 Å². The minimum Gasteiger partial charge on any atom is -0.465 e. The van der Waals surface area contributed by atoms with Gasteiger partial charge in [-0.05, 0) is 18.2 Å². The molecule has 0 bridgehead atoms. The summed E-state index contributed by atoms with van der Waals surface area (Å²) >= 11 is 11.8. The van der Waals surface area contributed by atoms with Crippen molar-refractivity contribution in [1.82, 2.24) is 15.5 Å². The van der Waals surface area contributed by atoms with Crippen LogP contribution in [0.2, 0.25) is 10.0 Å². The van der Waals surface area contributed by atoms with E-state index in [1.807, 2.05) is 0 Å². The molecule has 0 atom stereocenters. The summed E-state index contributed by atoms with van der Waals surface area (Å²) in [5.74, 6) is -0.988. The molecule has 0 aromatic heterocycles. The van der Waals surface area contributed by atoms with Crippen LogP contribution in [0.5, 0.6) is 0 Å². The molecule has 2 aromatic rings. The number of ketones is 1. The lowest BCUT2D eigenvalue weighted by Crippen LogP contribution is -2.33. The van der Waals surface area contributed by atoms with Gasteiger partial charge in [-0.3, -0.25) is 14.7 Å². The number of hydrogen-bond donors (Lipinski definition) is 3. The van der Waals surface area contributed by atoms with Gasteiger partial charge in [0.1, 0.15) is 24.1 Å². The molecule has 200 valence electrons. The van der Waals surface area contributed by atoms with Crippen LogP contribution in [-0.2, 0) is 25.9 Å². The van der Waals surface area contributed by atoms with Crippen molar-refractivity contribution in [3.63, 3.8) is 0 Å². The zero-order chi connectivity index (χ0) is 27.0. The van der Waals surface area contributed by atoms with Crippen molar-refractivity contribution in [2.75, 3.05) is 45.3 Å². The number of rotatable bonds is 13. The SMILES string of the molecule is O=C(CNCc1ccc(C2=NCCN2C(=O)O)cc1F)COCCNCS(=O)(=O)c1cccc(Cl)c1Cl. The fourth-order valence-corrected chi connectivity index (χ4v) is 5.38. The largest absolute Gasteiger partial charge is 0.465 e. The van der Waals surface area contributed by atoms with Gasteiger partial charge in [-0.15, -0.1) is 0 Å². The van der Waals surface area contributed by atoms with Gasteiger partial charge in [0.25, 0.3) is 0 Å². The molecule has 1 aliphatic rings. The first-order valence-corrected chi connectivity index (χ1v) is 13.5. The van der Waals surface area contributed by atoms with Gasteiger partial charge in [-0.2, -0.15) is 0 Å². The fraction of sp³-hybridized carbons (Fsp3) is 0.348. The summed E-state index contributed by atoms with van der Waals surface area (Å²) in [5, 5.41) is 14.9. The molecule has 1 amide bonds. The molecule has 1 aliphatic heterocycles. The predicted molar refractivity (Wildman–Crippen MR) is 137 cm³/mol. The highest BCUT2D eigenvalue weighted by Crippen LogP contribution is 2.29. The van der Waals surface area contributed by atoms with Crippen LogP contribution in [-0.4, -0.2) is 81.4 Å². The second-order valence-corrected chi connectivity index (χ2v) is 10.7. The Balaban J connectivity index is 1.34. The Hall–Kier alpha value is -2.61. The summed E-state index contributed by atoms with van der Waals surface area (Å²) in [6, 6.07) is 8.66. The van der Waals surface area contributed by atoms with E-state index < -0.39 is 21.7 Å². The van der Waals surface area contributed by atoms with E-state index in [1.54, 1.807) is 6.07 Å². The number of amidine groups is 1. The second kappa shape index (κ2) is 13.3. The highest BCUT2D eigenvalue weighted by atomic mass is 35.5. The van der Waals surface area contributed by atoms with Gasteiger partial charge < -0.3 is 20.5 Å². The van der Waals surface area contributed by atoms with E-state index >= 15 is 0 Å². The van der Waals surface area contributed by atoms with Crippen LogP contribution < -0.4 is 10.6 Å². The van der Waals surface area contributed by atoms with Gasteiger partial charge in [0.2, 0.25) is 0 Å². The molecule has 10 nitrogen and oxygen atoms in total. The third-order valence-corrected chi connectivity index (χ3v) is 7.78. The molecule has 0 saturated carbocycles. The summed E-state index contributed by atoms with van der Waals surface area (Å²) in [6.07, 6.45) is -1.15. The minimum absolute atomic E-state index is 0.0378. The molecular formula is C23H25Cl2FN4O6S. The van der Waals surface area contributed by atoms with Gasteiger partial charge in [0, 0.05) is 24.2 Å². The molecule has 1 heterocycles. The Morgan fingerprint density at radius 2 is 1.97 bits per heavy atom. The monoisotopic (exact) mass is 574 g/mol. The number of nitrogens with one attached hydrogen (secondary N) is 2. The van der Waals surface area contributed by atoms with E-state index in [9.17, 15) is 27.5 Å². The summed E-state index contributed by atoms with van der Waals surface area (Å²) in [4.78, 5) is 28.4. The Labute approximate surface area is 223 Å². The predicted octanol–water partition coefficient (Wildman–Crippen LogP) is 2.57. The van der Waals surface area contributed by atoms with E-state index in [2.05, 4.69) is 15.6 Å². The summed E-state index contributed by atoms with van der Waals surface area (Å²) < 4.78 is 44.5. The maximum Gasteiger partial charge on any atom is 0.413 e. The first kappa shape index (κ1) is 29.0. The van der Waals surface area contributed by atoms with E-state index in [0.29, 0.717) is 17.7 Å². The number of carboxylic acid groups (broad SMARTS) is 1. The zero-order valence-electron chi connectivity index (χ0n) is 19.5. The Kier molecular flexibility index (Phi) is 10.4. The van der Waals surface area contributed by atoms with Crippen LogP contribution in [0.3, 0.4) is 0 Å². The first-order chi connectivity index (χ1) is 17.6. The smallest absolute Gasteiger partial charge is 0.413 e. The van der Waals surface area contributed by atoms with Gasteiger partial charge in [-0.25, -0.2) is 17.6 Å². The molecule has 0 fully saturated rings. The Morgan fingerprint density at radius 3 is 2.70 bits per heavy atom. The van der Waals surface area contributed by atoms with Crippen LogP contribution in [0, 0.1) is 5.82 Å². The highest BCUT2D eigenvalue weighted by molar-refractivity contribution is 7.91. The maximum absolute atomic E-state index is 14.5. The molecule has 0 spiro atoms. The molecule has 3 rings (SSSR count). The van der Waals surface area contributed by atoms with Gasteiger partial charge >= 0.3 is 6.09 Å². The summed E-state index contributed by atoms with van der Waals surface area (Å²) in [6.45, 7) is 0.650. The van der Waals surface area contributed by atoms with Crippen LogP contribution in [0.15, 0.2) is 46.3 Å². The number of benzene rings is 2. The number of carbonyl (C=O) groups is 2. The normalized spacial score (nSPS) is 13.6. The topological polar surface area (TPSA) is 137 Å². The zero-order valence-corrected chi connectivity index (χ0v) is 21.9. The van der Waals surface area contributed by atoms with Crippen molar-refractivity contribution in [2.45, 2.75) is 11.4 Å². The Morgan fingerprint density at radius 1 is 1.19 bits per heavy atom. The third-order valence-electron chi connectivity index (χ3n) is 5.25. The number of sulfone groups is 1. The molecule has 3 N–H and O–H groups in total. The third kappa shape index (κ3) is 7.94. The molecule has 0 aliphatic carbocycles. The average Bonchev–Trinajstić information content (AvgIpc) is 3.34. The fourth-order valence-electron chi connectivity index (χ4n) is 3.44. The van der Waals surface area contributed by atoms with E-state index in [4.69, 9.17) is 27.9 Å². The lowest BCUT2D eigenvalue weighted by Gasteiger charge is -2.15. The van der Waals surface area contributed by atoms with Crippen LogP contribution in [0.4, 0.5) is 9.18 Å². The van der Waals surface area contributed by atoms with Crippen molar-refractivity contribution in [3.8, 4) is 0 Å². The molecule has 14 heteroatoms. The van der Waals surface area contributed by atoms with E-state index in [1.165, 1.54) is 30.3 Å². The second-order valence-electron chi connectivity index (χ2n) is 7.95. The lowest BCUT2D eigenvalue weighted by molar-refractivity contribution is -0.122. The van der Waals surface area contributed by atoms with Crippen molar-refractivity contribution < 1.29 is 32.2 Å². The molecule has 0 radical (unpaired) electrons. The van der Waals surface area contributed by atoms with Crippen molar-refractivity contribution in [2.24, 2.45) is 4.99 Å². The van der Waals surface area contributed by atoms with Gasteiger partial charge in [0.05, 0.1) is 41.2 Å². The number of halogens is 3. The molecule has 37 heavy (non-hydrogen) atoms. The summed E-state index contributed by atoms with van der Waals surface area (Å²) in [5.41, 5.74) is 0.672. The lowest BCUT2D eigenvalue weighted by atomic mass is 10.1. The van der Waals surface area contributed by atoms with Crippen LogP contribution in [0.25, 0.3) is 0 Å². The van der Waals surface area contributed by atoms with Crippen molar-refractivity contribution in [1.29, 1.82) is 0 Å². The molecule has 0 unspecified atom stereocenters. The van der Waals surface area contributed by atoms with Gasteiger partial charge in [0.15, 0.2) is 15.6 Å². The number of nitrogens with zero attached hydrogens (tertiary/aromatic N) is 2. The number of aliphatic imine (C=N–C) groups is 1. The highest BCUT2D eigenvalue weighted by Gasteiger charge is 2.25. The van der Waals surface area contributed by atoms with E-state index in [0.717, 1.165) is 4.90 Å². The molecule has 0 saturated heterocycles. The quantitative estimate of drug-likeness (QED) is 0.310. The number of ether oxygens (including phenoxy) is 1. The first-order valence-electron chi connectivity index (χ1n) is 11.1. The molecular weight excluding hydrogens is 550 g/mol. The standard InChI is InChI=1S/C23H25Cl2FN4O6S/c24-18-2-1-3-20(21(18)25)37(34,35)14-27-7-9-36-13-17(31)12-28-11-16-5-4-15(10-19(16)26)22-29-6-8-30(22)23(32)33/h1-5,10,27-28H,6-9,11-14H2,(H,32,33). The van der Waals surface area contributed by atoms with E-state index in [-0.39, 0.29) is 71.8 Å². The van der Waals surface area contributed by atoms with Crippen LogP contribution >= 0.6 is 23.2 Å². The maximum atomic E-state index is 14.5. The minimum atomic E-state index is -3.70. The Bertz CT molecular complexity index is 1290. The summed E-state index contributed by atoms with van der Waals surface area (Å²) in [7, 11) is -3.70.